The number of carbonyl (C=O) groups is 1. The Bertz CT molecular complexity index is 963. The number of halogens is 2. The molecule has 3 rings (SSSR count). The molecule has 1 aromatic carbocycles. The van der Waals surface area contributed by atoms with Crippen LogP contribution in [0.25, 0.3) is 0 Å². The van der Waals surface area contributed by atoms with E-state index in [0.717, 1.165) is 22.6 Å². The lowest BCUT2D eigenvalue weighted by Gasteiger charge is -2.13. The van der Waals surface area contributed by atoms with Crippen LogP contribution in [0.2, 0.25) is 10.0 Å². The van der Waals surface area contributed by atoms with Crippen LogP contribution < -0.4 is 5.32 Å². The second-order valence-electron chi connectivity index (χ2n) is 6.60. The maximum atomic E-state index is 12.6. The average molecular weight is 406 g/mol. The molecule has 6 nitrogen and oxygen atoms in total. The van der Waals surface area contributed by atoms with Crippen molar-refractivity contribution in [2.75, 3.05) is 5.32 Å². The minimum Gasteiger partial charge on any atom is -0.323 e. The summed E-state index contributed by atoms with van der Waals surface area (Å²) in [5.74, 6) is -0.355. The van der Waals surface area contributed by atoms with Crippen molar-refractivity contribution in [2.24, 2.45) is 5.92 Å². The molecule has 0 radical (unpaired) electrons. The highest BCUT2D eigenvalue weighted by Crippen LogP contribution is 2.22. The highest BCUT2D eigenvalue weighted by molar-refractivity contribution is 6.30. The summed E-state index contributed by atoms with van der Waals surface area (Å²) in [5.41, 5.74) is 3.47. The van der Waals surface area contributed by atoms with E-state index in [1.165, 1.54) is 0 Å². The number of aryl methyl sites for hydroxylation is 1. The van der Waals surface area contributed by atoms with Gasteiger partial charge in [-0.3, -0.25) is 14.2 Å². The molecule has 0 aliphatic heterocycles. The van der Waals surface area contributed by atoms with Gasteiger partial charge in [0.15, 0.2) is 0 Å². The van der Waals surface area contributed by atoms with Crippen LogP contribution >= 0.6 is 23.2 Å². The second kappa shape index (κ2) is 8.15. The summed E-state index contributed by atoms with van der Waals surface area (Å²) < 4.78 is 3.53. The fourth-order valence-corrected chi connectivity index (χ4v) is 3.26. The maximum absolute atomic E-state index is 12.6. The van der Waals surface area contributed by atoms with Gasteiger partial charge >= 0.3 is 0 Å². The number of nitrogens with zero attached hydrogens (tertiary/aromatic N) is 4. The Labute approximate surface area is 168 Å². The van der Waals surface area contributed by atoms with Gasteiger partial charge < -0.3 is 5.32 Å². The van der Waals surface area contributed by atoms with Crippen molar-refractivity contribution in [3.63, 3.8) is 0 Å². The molecular formula is C19H21Cl2N5O. The third kappa shape index (κ3) is 4.70. The van der Waals surface area contributed by atoms with E-state index < -0.39 is 0 Å². The number of anilines is 1. The smallest absolute Gasteiger partial charge is 0.229 e. The summed E-state index contributed by atoms with van der Waals surface area (Å²) in [5, 5.41) is 12.9. The van der Waals surface area contributed by atoms with Gasteiger partial charge in [0.25, 0.3) is 0 Å². The fourth-order valence-electron chi connectivity index (χ4n) is 2.89. The summed E-state index contributed by atoms with van der Waals surface area (Å²) >= 11 is 11.9. The van der Waals surface area contributed by atoms with E-state index in [4.69, 9.17) is 23.2 Å². The van der Waals surface area contributed by atoms with Crippen LogP contribution in [0.5, 0.6) is 0 Å². The zero-order valence-corrected chi connectivity index (χ0v) is 16.9. The van der Waals surface area contributed by atoms with Crippen molar-refractivity contribution >= 4 is 34.8 Å². The predicted octanol–water partition coefficient (Wildman–Crippen LogP) is 4.33. The van der Waals surface area contributed by atoms with Crippen LogP contribution in [-0.2, 0) is 17.9 Å². The summed E-state index contributed by atoms with van der Waals surface area (Å²) in [4.78, 5) is 12.6. The lowest BCUT2D eigenvalue weighted by Crippen LogP contribution is -2.25. The van der Waals surface area contributed by atoms with E-state index >= 15 is 0 Å². The monoisotopic (exact) mass is 405 g/mol. The highest BCUT2D eigenvalue weighted by atomic mass is 35.5. The number of rotatable bonds is 6. The average Bonchev–Trinajstić information content (AvgIpc) is 3.13. The minimum atomic E-state index is -0.268. The van der Waals surface area contributed by atoms with Gasteiger partial charge in [0.1, 0.15) is 0 Å². The molecule has 1 amide bonds. The molecule has 0 saturated heterocycles. The Morgan fingerprint density at radius 2 is 2.04 bits per heavy atom. The number of nitrogens with one attached hydrogen (secondary N) is 1. The third-order valence-corrected chi connectivity index (χ3v) is 4.79. The van der Waals surface area contributed by atoms with E-state index in [9.17, 15) is 4.79 Å². The van der Waals surface area contributed by atoms with Crippen LogP contribution in [0, 0.1) is 19.8 Å². The van der Waals surface area contributed by atoms with Crippen molar-refractivity contribution in [1.82, 2.24) is 19.6 Å². The number of hydrogen-bond acceptors (Lipinski definition) is 3. The maximum Gasteiger partial charge on any atom is 0.229 e. The largest absolute Gasteiger partial charge is 0.323 e. The molecule has 1 N–H and O–H groups in total. The molecule has 8 heteroatoms. The molecule has 2 heterocycles. The molecule has 0 aliphatic carbocycles. The quantitative estimate of drug-likeness (QED) is 0.663. The number of amides is 1. The van der Waals surface area contributed by atoms with Crippen molar-refractivity contribution in [3.05, 3.63) is 63.7 Å². The molecule has 0 aliphatic rings. The molecule has 142 valence electrons. The summed E-state index contributed by atoms with van der Waals surface area (Å²) in [6.07, 6.45) is 3.26. The zero-order chi connectivity index (χ0) is 19.6. The SMILES string of the molecule is Cc1nn(Cc2cccc(Cl)c2)c(C)c1NC(=O)C(C)Cn1cc(Cl)cn1. The Morgan fingerprint density at radius 1 is 1.26 bits per heavy atom. The fraction of sp³-hybridized carbons (Fsp3) is 0.316. The van der Waals surface area contributed by atoms with Crippen LogP contribution in [0.3, 0.4) is 0 Å². The van der Waals surface area contributed by atoms with Gasteiger partial charge in [-0.05, 0) is 31.5 Å². The predicted molar refractivity (Wildman–Crippen MR) is 107 cm³/mol. The summed E-state index contributed by atoms with van der Waals surface area (Å²) in [7, 11) is 0. The van der Waals surface area contributed by atoms with Crippen molar-refractivity contribution in [3.8, 4) is 0 Å². The van der Waals surface area contributed by atoms with Gasteiger partial charge in [0.05, 0.1) is 47.3 Å². The molecule has 1 unspecified atom stereocenters. The van der Waals surface area contributed by atoms with Crippen LogP contribution in [-0.4, -0.2) is 25.5 Å². The molecule has 1 atom stereocenters. The first-order valence-corrected chi connectivity index (χ1v) is 9.36. The van der Waals surface area contributed by atoms with Gasteiger partial charge in [0, 0.05) is 11.2 Å². The van der Waals surface area contributed by atoms with Gasteiger partial charge in [-0.1, -0.05) is 42.3 Å². The van der Waals surface area contributed by atoms with Gasteiger partial charge in [-0.2, -0.15) is 10.2 Å². The number of aromatic nitrogens is 4. The number of hydrogen-bond donors (Lipinski definition) is 1. The molecule has 3 aromatic rings. The lowest BCUT2D eigenvalue weighted by molar-refractivity contribution is -0.119. The number of benzene rings is 1. The highest BCUT2D eigenvalue weighted by Gasteiger charge is 2.19. The van der Waals surface area contributed by atoms with Gasteiger partial charge in [-0.15, -0.1) is 0 Å². The van der Waals surface area contributed by atoms with Crippen LogP contribution in [0.4, 0.5) is 5.69 Å². The van der Waals surface area contributed by atoms with Crippen molar-refractivity contribution < 1.29 is 4.79 Å². The van der Waals surface area contributed by atoms with Crippen LogP contribution in [0.1, 0.15) is 23.9 Å². The van der Waals surface area contributed by atoms with E-state index in [2.05, 4.69) is 15.5 Å². The lowest BCUT2D eigenvalue weighted by atomic mass is 10.1. The minimum absolute atomic E-state index is 0.0878. The standard InChI is InChI=1S/C19H21Cl2N5O/c1-12(9-25-11-17(21)8-22-25)19(27)23-18-13(2)24-26(14(18)3)10-15-5-4-6-16(20)7-15/h4-8,11-12H,9-10H2,1-3H3,(H,23,27). The Morgan fingerprint density at radius 3 is 2.70 bits per heavy atom. The van der Waals surface area contributed by atoms with E-state index in [1.54, 1.807) is 17.1 Å². The first-order valence-electron chi connectivity index (χ1n) is 8.60. The first-order chi connectivity index (χ1) is 12.8. The molecule has 2 aromatic heterocycles. The van der Waals surface area contributed by atoms with Crippen molar-refractivity contribution in [2.45, 2.75) is 33.9 Å². The second-order valence-corrected chi connectivity index (χ2v) is 7.48. The van der Waals surface area contributed by atoms with E-state index in [0.29, 0.717) is 23.1 Å². The number of carbonyl (C=O) groups excluding carboxylic acids is 1. The molecular weight excluding hydrogens is 385 g/mol. The van der Waals surface area contributed by atoms with Gasteiger partial charge in [-0.25, -0.2) is 0 Å². The molecule has 0 spiro atoms. The Kier molecular flexibility index (Phi) is 5.87. The van der Waals surface area contributed by atoms with Crippen molar-refractivity contribution in [1.29, 1.82) is 0 Å². The molecule has 0 saturated carbocycles. The summed E-state index contributed by atoms with van der Waals surface area (Å²) in [6.45, 7) is 6.72. The first kappa shape index (κ1) is 19.5. The van der Waals surface area contributed by atoms with Crippen LogP contribution in [0.15, 0.2) is 36.7 Å². The molecule has 0 bridgehead atoms. The third-order valence-electron chi connectivity index (χ3n) is 4.36. The Hall–Kier alpha value is -2.31. The van der Waals surface area contributed by atoms with E-state index in [-0.39, 0.29) is 11.8 Å². The Balaban J connectivity index is 1.71. The molecule has 0 fully saturated rings. The normalized spacial score (nSPS) is 12.2. The summed E-state index contributed by atoms with van der Waals surface area (Å²) in [6, 6.07) is 7.66. The van der Waals surface area contributed by atoms with Gasteiger partial charge in [0.2, 0.25) is 5.91 Å². The van der Waals surface area contributed by atoms with E-state index in [1.807, 2.05) is 49.7 Å². The zero-order valence-electron chi connectivity index (χ0n) is 15.4. The molecule has 27 heavy (non-hydrogen) atoms. The topological polar surface area (TPSA) is 64.7 Å².